The lowest BCUT2D eigenvalue weighted by Gasteiger charge is -2.10. The van der Waals surface area contributed by atoms with Gasteiger partial charge in [0.1, 0.15) is 4.90 Å². The smallest absolute Gasteiger partial charge is 0.269 e. The summed E-state index contributed by atoms with van der Waals surface area (Å²) >= 11 is 0. The summed E-state index contributed by atoms with van der Waals surface area (Å²) in [5.41, 5.74) is 2.64. The number of nitrogens with one attached hydrogen (secondary N) is 2. The number of halogens is 2. The molecule has 1 aromatic carbocycles. The van der Waals surface area contributed by atoms with E-state index in [-0.39, 0.29) is 23.0 Å². The highest BCUT2D eigenvalue weighted by molar-refractivity contribution is 7.90. The number of benzene rings is 1. The summed E-state index contributed by atoms with van der Waals surface area (Å²) < 4.78 is 41.9. The Balaban J connectivity index is 0.00000272. The average Bonchev–Trinajstić information content (AvgIpc) is 3.10. The Kier molecular flexibility index (Phi) is 6.59. The topological polar surface area (TPSA) is 88.9 Å². The molecular formula is C21H21ClFN5O2S. The maximum atomic E-state index is 14.2. The molecule has 0 unspecified atom stereocenters. The van der Waals surface area contributed by atoms with Crippen molar-refractivity contribution in [3.63, 3.8) is 0 Å². The molecule has 0 saturated heterocycles. The molecule has 3 heterocycles. The molecule has 31 heavy (non-hydrogen) atoms. The first-order chi connectivity index (χ1) is 14.4. The van der Waals surface area contributed by atoms with Gasteiger partial charge in [0, 0.05) is 41.9 Å². The zero-order chi connectivity index (χ0) is 21.3. The van der Waals surface area contributed by atoms with Gasteiger partial charge >= 0.3 is 0 Å². The number of fused-ring (bicyclic) bond motifs is 1. The van der Waals surface area contributed by atoms with Crippen molar-refractivity contribution in [3.8, 4) is 0 Å². The van der Waals surface area contributed by atoms with Crippen molar-refractivity contribution >= 4 is 44.7 Å². The van der Waals surface area contributed by atoms with E-state index in [1.807, 2.05) is 6.07 Å². The van der Waals surface area contributed by atoms with Crippen molar-refractivity contribution in [1.82, 2.24) is 19.3 Å². The molecule has 0 aliphatic rings. The third kappa shape index (κ3) is 4.39. The first-order valence-electron chi connectivity index (χ1n) is 9.24. The first kappa shape index (κ1) is 22.7. The molecule has 2 N–H and O–H groups in total. The number of hydrogen-bond acceptors (Lipinski definition) is 6. The first-order valence-corrected chi connectivity index (χ1v) is 10.7. The Bertz CT molecular complexity index is 1330. The zero-order valence-electron chi connectivity index (χ0n) is 16.8. The summed E-state index contributed by atoms with van der Waals surface area (Å²) in [6, 6.07) is 11.7. The molecule has 4 rings (SSSR count). The van der Waals surface area contributed by atoms with E-state index < -0.39 is 16.0 Å². The second kappa shape index (κ2) is 9.01. The van der Waals surface area contributed by atoms with Gasteiger partial charge in [-0.1, -0.05) is 6.07 Å². The minimum atomic E-state index is -3.85. The monoisotopic (exact) mass is 461 g/mol. The van der Waals surface area contributed by atoms with Crippen molar-refractivity contribution in [2.75, 3.05) is 12.4 Å². The van der Waals surface area contributed by atoms with E-state index in [0.29, 0.717) is 23.4 Å². The van der Waals surface area contributed by atoms with Gasteiger partial charge in [0.25, 0.3) is 10.0 Å². The number of anilines is 2. The van der Waals surface area contributed by atoms with Gasteiger partial charge in [-0.15, -0.1) is 12.4 Å². The highest BCUT2D eigenvalue weighted by Crippen LogP contribution is 2.30. The van der Waals surface area contributed by atoms with Gasteiger partial charge in [0.2, 0.25) is 5.95 Å². The van der Waals surface area contributed by atoms with Gasteiger partial charge in [0.05, 0.1) is 11.2 Å². The van der Waals surface area contributed by atoms with Gasteiger partial charge in [-0.2, -0.15) is 4.39 Å². The number of hydrogen-bond donors (Lipinski definition) is 2. The van der Waals surface area contributed by atoms with Crippen LogP contribution in [0.5, 0.6) is 0 Å². The van der Waals surface area contributed by atoms with Crippen molar-refractivity contribution < 1.29 is 12.8 Å². The van der Waals surface area contributed by atoms with Gasteiger partial charge in [-0.25, -0.2) is 17.4 Å². The second-order valence-corrected chi connectivity index (χ2v) is 8.64. The summed E-state index contributed by atoms with van der Waals surface area (Å²) in [6.07, 6.45) is 4.43. The average molecular weight is 462 g/mol. The van der Waals surface area contributed by atoms with E-state index in [9.17, 15) is 12.8 Å². The maximum absolute atomic E-state index is 14.2. The molecule has 3 aromatic heterocycles. The fourth-order valence-corrected chi connectivity index (χ4v) is 4.61. The second-order valence-electron chi connectivity index (χ2n) is 6.82. The molecular weight excluding hydrogens is 441 g/mol. The molecule has 0 fully saturated rings. The van der Waals surface area contributed by atoms with Crippen LogP contribution in [0, 0.1) is 12.9 Å². The maximum Gasteiger partial charge on any atom is 0.269 e. The summed E-state index contributed by atoms with van der Waals surface area (Å²) in [7, 11) is -2.06. The van der Waals surface area contributed by atoms with E-state index in [1.165, 1.54) is 22.4 Å². The van der Waals surface area contributed by atoms with Crippen LogP contribution in [0.1, 0.15) is 11.3 Å². The summed E-state index contributed by atoms with van der Waals surface area (Å²) in [5.74, 6) is -0.621. The van der Waals surface area contributed by atoms with Crippen LogP contribution in [0.3, 0.4) is 0 Å². The lowest BCUT2D eigenvalue weighted by molar-refractivity contribution is 0.584. The minimum absolute atomic E-state index is 0. The molecule has 0 aliphatic carbocycles. The normalized spacial score (nSPS) is 11.3. The fourth-order valence-electron chi connectivity index (χ4n) is 3.26. The van der Waals surface area contributed by atoms with Crippen LogP contribution in [0.4, 0.5) is 15.8 Å². The quantitative estimate of drug-likeness (QED) is 0.422. The van der Waals surface area contributed by atoms with E-state index >= 15 is 0 Å². The van der Waals surface area contributed by atoms with Crippen molar-refractivity contribution in [2.24, 2.45) is 0 Å². The zero-order valence-corrected chi connectivity index (χ0v) is 18.5. The summed E-state index contributed by atoms with van der Waals surface area (Å²) in [6.45, 7) is 2.20. The predicted octanol–water partition coefficient (Wildman–Crippen LogP) is 4.00. The van der Waals surface area contributed by atoms with Crippen LogP contribution in [-0.4, -0.2) is 29.4 Å². The Labute approximate surface area is 185 Å². The molecule has 10 heteroatoms. The highest BCUT2D eigenvalue weighted by atomic mass is 35.5. The lowest BCUT2D eigenvalue weighted by atomic mass is 10.1. The molecule has 0 aliphatic heterocycles. The molecule has 0 spiro atoms. The van der Waals surface area contributed by atoms with Crippen molar-refractivity contribution in [1.29, 1.82) is 0 Å². The third-order valence-corrected chi connectivity index (χ3v) is 6.34. The number of pyridine rings is 2. The SMILES string of the molecule is CNCc1cn(S(=O)(=O)c2cccnc2)c2cc(Nc3ccc(C)nc3F)ccc12.Cl. The van der Waals surface area contributed by atoms with Crippen LogP contribution in [0.2, 0.25) is 0 Å². The summed E-state index contributed by atoms with van der Waals surface area (Å²) in [4.78, 5) is 7.82. The lowest BCUT2D eigenvalue weighted by Crippen LogP contribution is -2.12. The largest absolute Gasteiger partial charge is 0.352 e. The van der Waals surface area contributed by atoms with Gasteiger partial charge in [0.15, 0.2) is 0 Å². The van der Waals surface area contributed by atoms with E-state index in [1.54, 1.807) is 50.5 Å². The summed E-state index contributed by atoms with van der Waals surface area (Å²) in [5, 5.41) is 6.81. The van der Waals surface area contributed by atoms with E-state index in [0.717, 1.165) is 10.9 Å². The van der Waals surface area contributed by atoms with Crippen LogP contribution >= 0.6 is 12.4 Å². The van der Waals surface area contributed by atoms with Crippen molar-refractivity contribution in [2.45, 2.75) is 18.4 Å². The predicted molar refractivity (Wildman–Crippen MR) is 121 cm³/mol. The van der Waals surface area contributed by atoms with E-state index in [4.69, 9.17) is 0 Å². The highest BCUT2D eigenvalue weighted by Gasteiger charge is 2.21. The molecule has 0 amide bonds. The van der Waals surface area contributed by atoms with Crippen LogP contribution in [0.25, 0.3) is 10.9 Å². The number of rotatable bonds is 6. The van der Waals surface area contributed by atoms with Gasteiger partial charge in [-0.3, -0.25) is 4.98 Å². The van der Waals surface area contributed by atoms with Crippen LogP contribution in [0.15, 0.2) is 66.0 Å². The van der Waals surface area contributed by atoms with Gasteiger partial charge in [-0.05, 0) is 55.9 Å². The van der Waals surface area contributed by atoms with Crippen LogP contribution < -0.4 is 10.6 Å². The van der Waals surface area contributed by atoms with E-state index in [2.05, 4.69) is 20.6 Å². The van der Waals surface area contributed by atoms with Crippen molar-refractivity contribution in [3.05, 3.63) is 78.3 Å². The Morgan fingerprint density at radius 2 is 1.97 bits per heavy atom. The van der Waals surface area contributed by atoms with Crippen LogP contribution in [-0.2, 0) is 16.6 Å². The molecule has 0 radical (unpaired) electrons. The molecule has 4 aromatic rings. The molecule has 162 valence electrons. The third-order valence-electron chi connectivity index (χ3n) is 4.68. The number of aromatic nitrogens is 3. The Hall–Kier alpha value is -3.01. The standard InChI is InChI=1S/C21H20FN5O2S.ClH/c1-14-5-8-19(21(22)25-14)26-16-6-7-18-15(11-23-2)13-27(20(18)10-16)30(28,29)17-4-3-9-24-12-17;/h3-10,12-13,23,26H,11H2,1-2H3;1H. The Morgan fingerprint density at radius 1 is 1.16 bits per heavy atom. The Morgan fingerprint density at radius 3 is 2.65 bits per heavy atom. The molecule has 0 atom stereocenters. The molecule has 7 nitrogen and oxygen atoms in total. The van der Waals surface area contributed by atoms with Gasteiger partial charge < -0.3 is 10.6 Å². The molecule has 0 bridgehead atoms. The molecule has 0 saturated carbocycles. The number of nitrogens with zero attached hydrogens (tertiary/aromatic N) is 3. The number of aryl methyl sites for hydroxylation is 1. The fraction of sp³-hybridized carbons (Fsp3) is 0.143. The minimum Gasteiger partial charge on any atom is -0.352 e.